The number of benzene rings is 2. The third-order valence-corrected chi connectivity index (χ3v) is 8.31. The molecule has 0 aliphatic carbocycles. The first-order valence-electron chi connectivity index (χ1n) is 14.0. The van der Waals surface area contributed by atoms with Crippen LogP contribution in [-0.4, -0.2) is 66.9 Å². The summed E-state index contributed by atoms with van der Waals surface area (Å²) in [6.07, 6.45) is -0.942. The lowest BCUT2D eigenvalue weighted by Gasteiger charge is -2.30. The maximum absolute atomic E-state index is 13.7. The first-order chi connectivity index (χ1) is 20.2. The highest BCUT2D eigenvalue weighted by molar-refractivity contribution is 7.12. The molecular formula is C30H32F3N5O3S. The topological polar surface area (TPSA) is 85.0 Å². The number of rotatable bonds is 5. The van der Waals surface area contributed by atoms with Crippen LogP contribution in [0.25, 0.3) is 0 Å². The molecule has 222 valence electrons. The maximum atomic E-state index is 13.7. The monoisotopic (exact) mass is 599 g/mol. The molecule has 2 aromatic carbocycles. The molecule has 2 aliphatic heterocycles. The summed E-state index contributed by atoms with van der Waals surface area (Å²) in [6.45, 7) is 3.08. The van der Waals surface area contributed by atoms with Crippen LogP contribution in [-0.2, 0) is 6.18 Å². The van der Waals surface area contributed by atoms with Gasteiger partial charge in [-0.25, -0.2) is 4.79 Å². The van der Waals surface area contributed by atoms with E-state index in [1.54, 1.807) is 29.2 Å². The van der Waals surface area contributed by atoms with Crippen LogP contribution in [0.4, 0.5) is 35.0 Å². The van der Waals surface area contributed by atoms with Crippen molar-refractivity contribution >= 4 is 46.2 Å². The van der Waals surface area contributed by atoms with Gasteiger partial charge in [0.25, 0.3) is 11.8 Å². The molecule has 1 aromatic heterocycles. The average molecular weight is 600 g/mol. The second-order valence-corrected chi connectivity index (χ2v) is 11.3. The van der Waals surface area contributed by atoms with Gasteiger partial charge in [0.1, 0.15) is 0 Å². The summed E-state index contributed by atoms with van der Waals surface area (Å²) in [5.74, 6) is -0.341. The minimum atomic E-state index is -4.50. The number of piperidine rings is 1. The molecule has 8 nitrogen and oxygen atoms in total. The molecule has 2 fully saturated rings. The SMILES string of the molecule is O=C(Nc1ccc(N2CCCN(C(=O)Nc3cccc(C(F)(F)F)c3)CC2)c(C(=O)N2CCCCC2)c1)c1cccs1. The largest absolute Gasteiger partial charge is 0.416 e. The summed E-state index contributed by atoms with van der Waals surface area (Å²) in [6, 6.07) is 13.0. The van der Waals surface area contributed by atoms with Crippen molar-refractivity contribution in [2.75, 3.05) is 54.8 Å². The lowest BCUT2D eigenvalue weighted by molar-refractivity contribution is -0.137. The van der Waals surface area contributed by atoms with Crippen molar-refractivity contribution in [3.63, 3.8) is 0 Å². The van der Waals surface area contributed by atoms with Crippen LogP contribution in [0.15, 0.2) is 60.0 Å². The number of alkyl halides is 3. The molecule has 3 aromatic rings. The fourth-order valence-corrected chi connectivity index (χ4v) is 5.88. The number of carbonyl (C=O) groups excluding carboxylic acids is 3. The number of amides is 4. The van der Waals surface area contributed by atoms with Crippen molar-refractivity contribution in [3.8, 4) is 0 Å². The summed E-state index contributed by atoms with van der Waals surface area (Å²) in [7, 11) is 0. The molecular weight excluding hydrogens is 567 g/mol. The molecule has 0 saturated carbocycles. The third-order valence-electron chi connectivity index (χ3n) is 7.44. The Hall–Kier alpha value is -4.06. The van der Waals surface area contributed by atoms with Crippen molar-refractivity contribution in [3.05, 3.63) is 76.0 Å². The fourth-order valence-electron chi connectivity index (χ4n) is 5.27. The Labute approximate surface area is 246 Å². The second kappa shape index (κ2) is 12.8. The maximum Gasteiger partial charge on any atom is 0.416 e. The van der Waals surface area contributed by atoms with Gasteiger partial charge in [0.05, 0.1) is 16.0 Å². The van der Waals surface area contributed by atoms with Gasteiger partial charge in [0.15, 0.2) is 0 Å². The van der Waals surface area contributed by atoms with Gasteiger partial charge in [-0.2, -0.15) is 13.2 Å². The Kier molecular flexibility index (Phi) is 9.00. The molecule has 2 aliphatic rings. The van der Waals surface area contributed by atoms with Crippen molar-refractivity contribution in [2.45, 2.75) is 31.9 Å². The van der Waals surface area contributed by atoms with Crippen LogP contribution < -0.4 is 15.5 Å². The predicted octanol–water partition coefficient (Wildman–Crippen LogP) is 6.39. The molecule has 0 unspecified atom stereocenters. The smallest absolute Gasteiger partial charge is 0.369 e. The third kappa shape index (κ3) is 7.04. The Bertz CT molecular complexity index is 1420. The predicted molar refractivity (Wildman–Crippen MR) is 157 cm³/mol. The number of urea groups is 1. The fraction of sp³-hybridized carbons (Fsp3) is 0.367. The minimum absolute atomic E-state index is 0.0746. The molecule has 3 heterocycles. The van der Waals surface area contributed by atoms with Crippen LogP contribution in [0, 0.1) is 0 Å². The molecule has 42 heavy (non-hydrogen) atoms. The standard InChI is InChI=1S/C30H32F3N5O3S/c31-30(32,33)21-7-4-8-22(19-21)35-29(41)38-15-6-14-36(16-17-38)25-11-10-23(34-27(39)26-9-5-18-42-26)20-24(25)28(40)37-12-2-1-3-13-37/h4-5,7-11,18-20H,1-3,6,12-17H2,(H,34,39)(H,35,41). The van der Waals surface area contributed by atoms with Gasteiger partial charge in [0.2, 0.25) is 0 Å². The molecule has 12 heteroatoms. The highest BCUT2D eigenvalue weighted by Crippen LogP contribution is 2.31. The molecule has 2 saturated heterocycles. The number of anilines is 3. The summed E-state index contributed by atoms with van der Waals surface area (Å²) < 4.78 is 39.3. The molecule has 4 amide bonds. The van der Waals surface area contributed by atoms with E-state index in [0.717, 1.165) is 37.1 Å². The highest BCUT2D eigenvalue weighted by atomic mass is 32.1. The summed E-state index contributed by atoms with van der Waals surface area (Å²) in [5, 5.41) is 7.30. The zero-order valence-corrected chi connectivity index (χ0v) is 23.8. The molecule has 2 N–H and O–H groups in total. The van der Waals surface area contributed by atoms with E-state index in [2.05, 4.69) is 15.5 Å². The first kappa shape index (κ1) is 29.4. The van der Waals surface area contributed by atoms with Crippen LogP contribution in [0.3, 0.4) is 0 Å². The van der Waals surface area contributed by atoms with E-state index in [1.807, 2.05) is 16.3 Å². The van der Waals surface area contributed by atoms with E-state index < -0.39 is 17.8 Å². The Morgan fingerprint density at radius 2 is 1.50 bits per heavy atom. The summed E-state index contributed by atoms with van der Waals surface area (Å²) in [4.78, 5) is 45.4. The number of hydrogen-bond donors (Lipinski definition) is 2. The van der Waals surface area contributed by atoms with Crippen LogP contribution in [0.2, 0.25) is 0 Å². The summed E-state index contributed by atoms with van der Waals surface area (Å²) in [5.41, 5.74) is 0.978. The number of nitrogens with one attached hydrogen (secondary N) is 2. The van der Waals surface area contributed by atoms with Crippen molar-refractivity contribution in [2.24, 2.45) is 0 Å². The van der Waals surface area contributed by atoms with Crippen molar-refractivity contribution in [1.82, 2.24) is 9.80 Å². The highest BCUT2D eigenvalue weighted by Gasteiger charge is 2.31. The quantitative estimate of drug-likeness (QED) is 0.356. The van der Waals surface area contributed by atoms with E-state index in [4.69, 9.17) is 0 Å². The van der Waals surface area contributed by atoms with Gasteiger partial charge in [-0.1, -0.05) is 12.1 Å². The van der Waals surface area contributed by atoms with Crippen LogP contribution in [0.1, 0.15) is 51.3 Å². The first-order valence-corrected chi connectivity index (χ1v) is 14.8. The van der Waals surface area contributed by atoms with Crippen molar-refractivity contribution < 1.29 is 27.6 Å². The number of hydrogen-bond acceptors (Lipinski definition) is 5. The minimum Gasteiger partial charge on any atom is -0.369 e. The van der Waals surface area contributed by atoms with E-state index in [9.17, 15) is 27.6 Å². The number of halogens is 3. The van der Waals surface area contributed by atoms with Crippen LogP contribution >= 0.6 is 11.3 Å². The molecule has 0 atom stereocenters. The van der Waals surface area contributed by atoms with Gasteiger partial charge in [0, 0.05) is 56.3 Å². The Morgan fingerprint density at radius 1 is 0.738 bits per heavy atom. The summed E-state index contributed by atoms with van der Waals surface area (Å²) >= 11 is 1.33. The van der Waals surface area contributed by atoms with E-state index >= 15 is 0 Å². The van der Waals surface area contributed by atoms with Gasteiger partial charge < -0.3 is 25.3 Å². The van der Waals surface area contributed by atoms with Gasteiger partial charge >= 0.3 is 12.2 Å². The van der Waals surface area contributed by atoms with Crippen LogP contribution in [0.5, 0.6) is 0 Å². The zero-order valence-electron chi connectivity index (χ0n) is 23.0. The number of likely N-dealkylation sites (tertiary alicyclic amines) is 1. The number of nitrogens with zero attached hydrogens (tertiary/aromatic N) is 3. The van der Waals surface area contributed by atoms with E-state index in [1.165, 1.54) is 23.5 Å². The Balaban J connectivity index is 1.32. The normalized spacial score (nSPS) is 16.1. The van der Waals surface area contributed by atoms with E-state index in [0.29, 0.717) is 61.8 Å². The molecule has 5 rings (SSSR count). The van der Waals surface area contributed by atoms with Gasteiger partial charge in [-0.05, 0) is 73.5 Å². The Morgan fingerprint density at radius 3 is 2.24 bits per heavy atom. The number of thiophene rings is 1. The molecule has 0 radical (unpaired) electrons. The van der Waals surface area contributed by atoms with Gasteiger partial charge in [-0.15, -0.1) is 11.3 Å². The van der Waals surface area contributed by atoms with Crippen molar-refractivity contribution in [1.29, 1.82) is 0 Å². The number of carbonyl (C=O) groups is 3. The lowest BCUT2D eigenvalue weighted by Crippen LogP contribution is -2.39. The van der Waals surface area contributed by atoms with Gasteiger partial charge in [-0.3, -0.25) is 9.59 Å². The zero-order chi connectivity index (χ0) is 29.7. The van der Waals surface area contributed by atoms with E-state index in [-0.39, 0.29) is 17.5 Å². The average Bonchev–Trinajstić information content (AvgIpc) is 3.42. The lowest BCUT2D eigenvalue weighted by atomic mass is 10.1. The second-order valence-electron chi connectivity index (χ2n) is 10.4. The molecule has 0 bridgehead atoms. The molecule has 0 spiro atoms.